The van der Waals surface area contributed by atoms with Gasteiger partial charge in [-0.1, -0.05) is 6.92 Å². The van der Waals surface area contributed by atoms with Gasteiger partial charge in [-0.05, 0) is 25.8 Å². The number of ether oxygens (including phenoxy) is 1. The summed E-state index contributed by atoms with van der Waals surface area (Å²) >= 11 is 1.68. The Bertz CT molecular complexity index is 614. The highest BCUT2D eigenvalue weighted by molar-refractivity contribution is 7.18. The lowest BCUT2D eigenvalue weighted by Gasteiger charge is -2.17. The van der Waals surface area contributed by atoms with Gasteiger partial charge in [-0.25, -0.2) is 10.8 Å². The van der Waals surface area contributed by atoms with Gasteiger partial charge in [0.25, 0.3) is 0 Å². The number of nitrogens with two attached hydrogens (primary N) is 1. The fraction of sp³-hybridized carbons (Fsp3) is 0.538. The van der Waals surface area contributed by atoms with Crippen molar-refractivity contribution in [2.24, 2.45) is 5.84 Å². The predicted octanol–water partition coefficient (Wildman–Crippen LogP) is 2.13. The molecule has 1 aliphatic heterocycles. The van der Waals surface area contributed by atoms with Crippen LogP contribution in [0.3, 0.4) is 0 Å². The fourth-order valence-corrected chi connectivity index (χ4v) is 3.38. The van der Waals surface area contributed by atoms with E-state index in [9.17, 15) is 0 Å². The van der Waals surface area contributed by atoms with Crippen LogP contribution in [-0.2, 0) is 11.2 Å². The van der Waals surface area contributed by atoms with Gasteiger partial charge in [0.2, 0.25) is 5.95 Å². The first-order valence-corrected chi connectivity index (χ1v) is 7.68. The van der Waals surface area contributed by atoms with Crippen molar-refractivity contribution in [2.45, 2.75) is 38.8 Å². The third kappa shape index (κ3) is 2.44. The minimum absolute atomic E-state index is 0.193. The standard InChI is InChI=1S/C13H19N5OS/c1-3-8-6-9-11(15-10-4-5-19-7(10)2)16-13(18-14)17-12(9)20-8/h6-7,10H,3-5,14H2,1-2H3,(H2,15,16,17,18). The SMILES string of the molecule is CCc1cc2c(NC3CCOC3C)nc(NN)nc2s1. The van der Waals surface area contributed by atoms with Crippen molar-refractivity contribution in [2.75, 3.05) is 17.3 Å². The zero-order valence-corrected chi connectivity index (χ0v) is 12.5. The highest BCUT2D eigenvalue weighted by Gasteiger charge is 2.25. The molecule has 1 saturated heterocycles. The predicted molar refractivity (Wildman–Crippen MR) is 82.0 cm³/mol. The molecule has 6 nitrogen and oxygen atoms in total. The van der Waals surface area contributed by atoms with E-state index in [2.05, 4.69) is 40.6 Å². The number of hydrogen-bond donors (Lipinski definition) is 3. The number of nitrogens with zero attached hydrogens (tertiary/aromatic N) is 2. The van der Waals surface area contributed by atoms with Crippen LogP contribution in [0.4, 0.5) is 11.8 Å². The van der Waals surface area contributed by atoms with Crippen molar-refractivity contribution in [3.63, 3.8) is 0 Å². The molecule has 0 spiro atoms. The molecule has 2 unspecified atom stereocenters. The maximum absolute atomic E-state index is 5.59. The van der Waals surface area contributed by atoms with Crippen molar-refractivity contribution < 1.29 is 4.74 Å². The van der Waals surface area contributed by atoms with Gasteiger partial charge in [0.1, 0.15) is 10.6 Å². The van der Waals surface area contributed by atoms with E-state index in [4.69, 9.17) is 10.6 Å². The van der Waals surface area contributed by atoms with E-state index < -0.39 is 0 Å². The summed E-state index contributed by atoms with van der Waals surface area (Å²) in [5, 5.41) is 4.54. The Morgan fingerprint density at radius 3 is 3.00 bits per heavy atom. The molecule has 0 radical (unpaired) electrons. The van der Waals surface area contributed by atoms with Gasteiger partial charge in [-0.15, -0.1) is 11.3 Å². The smallest absolute Gasteiger partial charge is 0.240 e. The number of fused-ring (bicyclic) bond motifs is 1. The summed E-state index contributed by atoms with van der Waals surface area (Å²) in [4.78, 5) is 11.1. The summed E-state index contributed by atoms with van der Waals surface area (Å²) < 4.78 is 5.59. The van der Waals surface area contributed by atoms with Gasteiger partial charge < -0.3 is 10.1 Å². The lowest BCUT2D eigenvalue weighted by atomic mass is 10.1. The normalized spacial score (nSPS) is 22.4. The molecule has 0 aliphatic carbocycles. The number of anilines is 2. The minimum Gasteiger partial charge on any atom is -0.376 e. The first-order chi connectivity index (χ1) is 9.71. The Kier molecular flexibility index (Phi) is 3.73. The molecule has 20 heavy (non-hydrogen) atoms. The van der Waals surface area contributed by atoms with Gasteiger partial charge >= 0.3 is 0 Å². The van der Waals surface area contributed by atoms with Gasteiger partial charge in [-0.3, -0.25) is 5.43 Å². The van der Waals surface area contributed by atoms with E-state index >= 15 is 0 Å². The topological polar surface area (TPSA) is 85.1 Å². The number of thiophene rings is 1. The van der Waals surface area contributed by atoms with Crippen LogP contribution in [0.1, 0.15) is 25.1 Å². The summed E-state index contributed by atoms with van der Waals surface area (Å²) in [6.45, 7) is 5.01. The van der Waals surface area contributed by atoms with Crippen LogP contribution >= 0.6 is 11.3 Å². The quantitative estimate of drug-likeness (QED) is 0.591. The second kappa shape index (κ2) is 5.51. The summed E-state index contributed by atoms with van der Waals surface area (Å²) in [5.41, 5.74) is 2.54. The summed E-state index contributed by atoms with van der Waals surface area (Å²) in [7, 11) is 0. The highest BCUT2D eigenvalue weighted by Crippen LogP contribution is 2.31. The van der Waals surface area contributed by atoms with Crippen LogP contribution < -0.4 is 16.6 Å². The Morgan fingerprint density at radius 1 is 1.50 bits per heavy atom. The molecule has 1 fully saturated rings. The number of nitrogen functional groups attached to an aromatic ring is 1. The Morgan fingerprint density at radius 2 is 2.35 bits per heavy atom. The number of rotatable bonds is 4. The third-order valence-electron chi connectivity index (χ3n) is 3.62. The van der Waals surface area contributed by atoms with E-state index in [0.717, 1.165) is 35.5 Å². The number of aromatic nitrogens is 2. The van der Waals surface area contributed by atoms with Crippen LogP contribution in [0.15, 0.2) is 6.07 Å². The number of hydrogen-bond acceptors (Lipinski definition) is 7. The van der Waals surface area contributed by atoms with E-state index in [0.29, 0.717) is 5.95 Å². The van der Waals surface area contributed by atoms with E-state index in [1.54, 1.807) is 11.3 Å². The first kappa shape index (κ1) is 13.5. The summed E-state index contributed by atoms with van der Waals surface area (Å²) in [5.74, 6) is 6.74. The van der Waals surface area contributed by atoms with Crippen molar-refractivity contribution in [1.29, 1.82) is 0 Å². The molecule has 3 heterocycles. The van der Waals surface area contributed by atoms with Gasteiger partial charge in [0, 0.05) is 11.5 Å². The Hall–Kier alpha value is -1.44. The minimum atomic E-state index is 0.193. The molecular weight excluding hydrogens is 274 g/mol. The van der Waals surface area contributed by atoms with Crippen molar-refractivity contribution in [3.05, 3.63) is 10.9 Å². The van der Waals surface area contributed by atoms with E-state index in [1.165, 1.54) is 4.88 Å². The average molecular weight is 293 g/mol. The number of aryl methyl sites for hydroxylation is 1. The van der Waals surface area contributed by atoms with Crippen molar-refractivity contribution >= 4 is 33.3 Å². The Balaban J connectivity index is 2.00. The molecule has 108 valence electrons. The molecule has 0 saturated carbocycles. The molecule has 2 atom stereocenters. The van der Waals surface area contributed by atoms with Crippen LogP contribution in [0.2, 0.25) is 0 Å². The second-order valence-electron chi connectivity index (χ2n) is 4.94. The highest BCUT2D eigenvalue weighted by atomic mass is 32.1. The molecule has 7 heteroatoms. The molecule has 0 aromatic carbocycles. The van der Waals surface area contributed by atoms with Crippen LogP contribution in [0.25, 0.3) is 10.2 Å². The molecule has 3 rings (SSSR count). The lowest BCUT2D eigenvalue weighted by Crippen LogP contribution is -2.27. The summed E-state index contributed by atoms with van der Waals surface area (Å²) in [6, 6.07) is 2.44. The van der Waals surface area contributed by atoms with Crippen LogP contribution in [0, 0.1) is 0 Å². The fourth-order valence-electron chi connectivity index (χ4n) is 2.42. The van der Waals surface area contributed by atoms with Gasteiger partial charge in [-0.2, -0.15) is 4.98 Å². The van der Waals surface area contributed by atoms with Crippen LogP contribution in [-0.4, -0.2) is 28.7 Å². The Labute approximate surface area is 121 Å². The first-order valence-electron chi connectivity index (χ1n) is 6.86. The van der Waals surface area contributed by atoms with Gasteiger partial charge in [0.05, 0.1) is 17.5 Å². The molecule has 4 N–H and O–H groups in total. The van der Waals surface area contributed by atoms with E-state index in [1.807, 2.05) is 0 Å². The zero-order valence-electron chi connectivity index (χ0n) is 11.6. The van der Waals surface area contributed by atoms with E-state index in [-0.39, 0.29) is 12.1 Å². The number of nitrogens with one attached hydrogen (secondary N) is 2. The third-order valence-corrected chi connectivity index (χ3v) is 4.79. The largest absolute Gasteiger partial charge is 0.376 e. The van der Waals surface area contributed by atoms with Gasteiger partial charge in [0.15, 0.2) is 0 Å². The molecule has 1 aliphatic rings. The lowest BCUT2D eigenvalue weighted by molar-refractivity contribution is 0.121. The summed E-state index contributed by atoms with van der Waals surface area (Å²) in [6.07, 6.45) is 2.18. The maximum Gasteiger partial charge on any atom is 0.240 e. The molecular formula is C13H19N5OS. The van der Waals surface area contributed by atoms with Crippen molar-refractivity contribution in [1.82, 2.24) is 9.97 Å². The zero-order chi connectivity index (χ0) is 14.1. The maximum atomic E-state index is 5.59. The second-order valence-corrected chi connectivity index (χ2v) is 6.06. The molecule has 2 aromatic rings. The molecule has 0 bridgehead atoms. The monoisotopic (exact) mass is 293 g/mol. The van der Waals surface area contributed by atoms with Crippen LogP contribution in [0.5, 0.6) is 0 Å². The molecule has 2 aromatic heterocycles. The van der Waals surface area contributed by atoms with Crippen molar-refractivity contribution in [3.8, 4) is 0 Å². The number of hydrazine groups is 1. The molecule has 0 amide bonds. The average Bonchev–Trinajstić information content (AvgIpc) is 3.05.